The van der Waals surface area contributed by atoms with Crippen LogP contribution in [0, 0.1) is 13.8 Å². The second-order valence-corrected chi connectivity index (χ2v) is 5.90. The van der Waals surface area contributed by atoms with E-state index in [9.17, 15) is 13.2 Å². The number of hydrogen-bond acceptors (Lipinski definition) is 3. The van der Waals surface area contributed by atoms with E-state index in [0.29, 0.717) is 5.56 Å². The average Bonchev–Trinajstić information content (AvgIpc) is 2.31. The van der Waals surface area contributed by atoms with Crippen molar-refractivity contribution in [3.63, 3.8) is 0 Å². The number of carbonyl (C=O) groups excluding carboxylic acids is 1. The van der Waals surface area contributed by atoms with Crippen LogP contribution in [-0.2, 0) is 14.8 Å². The number of nitrogens with zero attached hydrogens (tertiary/aromatic N) is 1. The first kappa shape index (κ1) is 13.4. The van der Waals surface area contributed by atoms with E-state index in [1.165, 1.54) is 24.3 Å². The zero-order valence-electron chi connectivity index (χ0n) is 10.6. The van der Waals surface area contributed by atoms with Crippen molar-refractivity contribution < 1.29 is 13.2 Å². The normalized spacial score (nSPS) is 14.8. The van der Waals surface area contributed by atoms with Gasteiger partial charge < -0.3 is 0 Å². The van der Waals surface area contributed by atoms with Gasteiger partial charge in [0.05, 0.1) is 10.6 Å². The van der Waals surface area contributed by atoms with Crippen molar-refractivity contribution in [2.75, 3.05) is 0 Å². The standard InChI is InChI=1S/C14H13NO3S/c1-10-3-8-14(11(2)9-10)19(17,18)15-12-4-6-13(16)7-5-12/h3-9H,1-2H3. The summed E-state index contributed by atoms with van der Waals surface area (Å²) in [4.78, 5) is 11.1. The van der Waals surface area contributed by atoms with Crippen molar-refractivity contribution in [2.24, 2.45) is 4.40 Å². The quantitative estimate of drug-likeness (QED) is 0.777. The highest BCUT2D eigenvalue weighted by Crippen LogP contribution is 2.19. The number of hydrogen-bond donors (Lipinski definition) is 0. The van der Waals surface area contributed by atoms with Gasteiger partial charge in [0.15, 0.2) is 5.78 Å². The first-order valence-corrected chi connectivity index (χ1v) is 7.15. The van der Waals surface area contributed by atoms with E-state index in [2.05, 4.69) is 4.40 Å². The molecule has 2 rings (SSSR count). The first-order valence-electron chi connectivity index (χ1n) is 5.71. The number of aryl methyl sites for hydroxylation is 2. The lowest BCUT2D eigenvalue weighted by molar-refractivity contribution is -0.110. The van der Waals surface area contributed by atoms with Crippen LogP contribution in [0.2, 0.25) is 0 Å². The van der Waals surface area contributed by atoms with E-state index in [1.54, 1.807) is 25.1 Å². The Morgan fingerprint density at radius 1 is 1.00 bits per heavy atom. The van der Waals surface area contributed by atoms with Crippen LogP contribution < -0.4 is 0 Å². The molecule has 0 spiro atoms. The minimum atomic E-state index is -3.75. The van der Waals surface area contributed by atoms with Crippen molar-refractivity contribution in [3.8, 4) is 0 Å². The van der Waals surface area contributed by atoms with Gasteiger partial charge in [0.1, 0.15) is 0 Å². The lowest BCUT2D eigenvalue weighted by Gasteiger charge is -2.05. The molecule has 1 aliphatic carbocycles. The fraction of sp³-hybridized carbons (Fsp3) is 0.143. The number of ketones is 1. The highest BCUT2D eigenvalue weighted by atomic mass is 32.2. The molecule has 19 heavy (non-hydrogen) atoms. The van der Waals surface area contributed by atoms with Crippen LogP contribution in [0.4, 0.5) is 0 Å². The van der Waals surface area contributed by atoms with Gasteiger partial charge in [0.2, 0.25) is 0 Å². The molecule has 0 fully saturated rings. The van der Waals surface area contributed by atoms with E-state index in [-0.39, 0.29) is 16.4 Å². The molecule has 0 saturated heterocycles. The highest BCUT2D eigenvalue weighted by molar-refractivity contribution is 7.90. The smallest absolute Gasteiger partial charge is 0.283 e. The molecule has 0 saturated carbocycles. The lowest BCUT2D eigenvalue weighted by atomic mass is 10.2. The van der Waals surface area contributed by atoms with Crippen molar-refractivity contribution in [1.82, 2.24) is 0 Å². The van der Waals surface area contributed by atoms with Gasteiger partial charge in [0.25, 0.3) is 10.0 Å². The molecule has 0 amide bonds. The number of sulfonamides is 1. The maximum Gasteiger partial charge on any atom is 0.283 e. The number of carbonyl (C=O) groups is 1. The second kappa shape index (κ2) is 4.93. The van der Waals surface area contributed by atoms with Crippen LogP contribution in [0.25, 0.3) is 0 Å². The summed E-state index contributed by atoms with van der Waals surface area (Å²) < 4.78 is 28.1. The monoisotopic (exact) mass is 275 g/mol. The van der Waals surface area contributed by atoms with Gasteiger partial charge in [-0.05, 0) is 49.8 Å². The minimum absolute atomic E-state index is 0.178. The Kier molecular flexibility index (Phi) is 3.48. The summed E-state index contributed by atoms with van der Waals surface area (Å²) in [7, 11) is -3.75. The topological polar surface area (TPSA) is 63.6 Å². The predicted octanol–water partition coefficient (Wildman–Crippen LogP) is 2.13. The average molecular weight is 275 g/mol. The number of rotatable bonds is 2. The molecule has 1 aromatic carbocycles. The van der Waals surface area contributed by atoms with Crippen molar-refractivity contribution in [2.45, 2.75) is 18.7 Å². The molecular weight excluding hydrogens is 262 g/mol. The van der Waals surface area contributed by atoms with Gasteiger partial charge in [-0.1, -0.05) is 17.7 Å². The van der Waals surface area contributed by atoms with E-state index in [0.717, 1.165) is 5.56 Å². The summed E-state index contributed by atoms with van der Waals surface area (Å²) in [5, 5.41) is 0. The Bertz CT molecular complexity index is 707. The summed E-state index contributed by atoms with van der Waals surface area (Å²) in [6.45, 7) is 3.63. The van der Waals surface area contributed by atoms with Gasteiger partial charge in [0, 0.05) is 0 Å². The van der Waals surface area contributed by atoms with Crippen LogP contribution in [0.3, 0.4) is 0 Å². The Labute approximate surface area is 112 Å². The van der Waals surface area contributed by atoms with Crippen LogP contribution in [0.15, 0.2) is 51.8 Å². The van der Waals surface area contributed by atoms with Gasteiger partial charge in [-0.25, -0.2) is 0 Å². The summed E-state index contributed by atoms with van der Waals surface area (Å²) in [5.74, 6) is -0.178. The van der Waals surface area contributed by atoms with Crippen LogP contribution >= 0.6 is 0 Å². The molecule has 1 aromatic rings. The molecule has 0 unspecified atom stereocenters. The van der Waals surface area contributed by atoms with Crippen LogP contribution in [-0.4, -0.2) is 19.9 Å². The van der Waals surface area contributed by atoms with Crippen molar-refractivity contribution in [3.05, 3.63) is 53.6 Å². The maximum absolute atomic E-state index is 12.2. The SMILES string of the molecule is Cc1ccc(S(=O)(=O)N=C2C=CC(=O)C=C2)c(C)c1. The van der Waals surface area contributed by atoms with E-state index >= 15 is 0 Å². The molecule has 0 atom stereocenters. The van der Waals surface area contributed by atoms with Crippen molar-refractivity contribution in [1.29, 1.82) is 0 Å². The second-order valence-electron chi connectivity index (χ2n) is 4.33. The summed E-state index contributed by atoms with van der Waals surface area (Å²) in [6.07, 6.45) is 5.36. The summed E-state index contributed by atoms with van der Waals surface area (Å²) >= 11 is 0. The van der Waals surface area contributed by atoms with Gasteiger partial charge in [-0.3, -0.25) is 4.79 Å². The maximum atomic E-state index is 12.2. The summed E-state index contributed by atoms with van der Waals surface area (Å²) in [5.41, 5.74) is 1.90. The Balaban J connectivity index is 2.44. The van der Waals surface area contributed by atoms with Gasteiger partial charge >= 0.3 is 0 Å². The molecule has 1 aliphatic rings. The molecule has 98 valence electrons. The molecule has 0 aliphatic heterocycles. The van der Waals surface area contributed by atoms with Crippen LogP contribution in [0.1, 0.15) is 11.1 Å². The Hall–Kier alpha value is -2.01. The molecule has 5 heteroatoms. The van der Waals surface area contributed by atoms with E-state index in [4.69, 9.17) is 0 Å². The van der Waals surface area contributed by atoms with Crippen LogP contribution in [0.5, 0.6) is 0 Å². The van der Waals surface area contributed by atoms with Crippen molar-refractivity contribution >= 4 is 21.5 Å². The number of benzene rings is 1. The molecule has 0 radical (unpaired) electrons. The number of allylic oxidation sites excluding steroid dienone is 4. The highest BCUT2D eigenvalue weighted by Gasteiger charge is 2.16. The molecule has 4 nitrogen and oxygen atoms in total. The fourth-order valence-corrected chi connectivity index (χ4v) is 2.99. The zero-order chi connectivity index (χ0) is 14.0. The van der Waals surface area contributed by atoms with Gasteiger partial charge in [-0.2, -0.15) is 12.8 Å². The molecule has 0 heterocycles. The Morgan fingerprint density at radius 3 is 2.21 bits per heavy atom. The third kappa shape index (κ3) is 3.06. The van der Waals surface area contributed by atoms with E-state index in [1.807, 2.05) is 6.92 Å². The lowest BCUT2D eigenvalue weighted by Crippen LogP contribution is -2.06. The molecular formula is C14H13NO3S. The summed E-state index contributed by atoms with van der Waals surface area (Å²) in [6, 6.07) is 5.07. The predicted molar refractivity (Wildman–Crippen MR) is 73.8 cm³/mol. The van der Waals surface area contributed by atoms with Gasteiger partial charge in [-0.15, -0.1) is 0 Å². The van der Waals surface area contributed by atoms with E-state index < -0.39 is 10.0 Å². The molecule has 0 bridgehead atoms. The third-order valence-electron chi connectivity index (χ3n) is 2.67. The Morgan fingerprint density at radius 2 is 1.63 bits per heavy atom. The zero-order valence-corrected chi connectivity index (χ0v) is 11.4. The fourth-order valence-electron chi connectivity index (χ4n) is 1.78. The first-order chi connectivity index (χ1) is 8.88. The molecule has 0 N–H and O–H groups in total. The molecule has 0 aromatic heterocycles. The largest absolute Gasteiger partial charge is 0.290 e. The third-order valence-corrected chi connectivity index (χ3v) is 4.14. The minimum Gasteiger partial charge on any atom is -0.290 e.